The van der Waals surface area contributed by atoms with Gasteiger partial charge in [-0.15, -0.1) is 5.10 Å². The summed E-state index contributed by atoms with van der Waals surface area (Å²) in [5.74, 6) is 1.16. The van der Waals surface area contributed by atoms with Crippen LogP contribution in [0.25, 0.3) is 11.0 Å². The minimum Gasteiger partial charge on any atom is -0.393 e. The summed E-state index contributed by atoms with van der Waals surface area (Å²) < 4.78 is 1.88. The van der Waals surface area contributed by atoms with Crippen LogP contribution >= 0.6 is 0 Å². The van der Waals surface area contributed by atoms with Gasteiger partial charge in [-0.25, -0.2) is 14.6 Å². The van der Waals surface area contributed by atoms with Gasteiger partial charge in [0.25, 0.3) is 0 Å². The van der Waals surface area contributed by atoms with Gasteiger partial charge in [0.15, 0.2) is 0 Å². The van der Waals surface area contributed by atoms with E-state index in [4.69, 9.17) is 0 Å². The van der Waals surface area contributed by atoms with Crippen LogP contribution in [0.15, 0.2) is 36.7 Å². The van der Waals surface area contributed by atoms with Gasteiger partial charge in [0.1, 0.15) is 17.7 Å². The van der Waals surface area contributed by atoms with Crippen molar-refractivity contribution in [1.29, 1.82) is 0 Å². The molecular weight excluding hydrogens is 292 g/mol. The van der Waals surface area contributed by atoms with Crippen molar-refractivity contribution >= 4 is 16.9 Å². The molecule has 0 atom stereocenters. The molecule has 2 N–H and O–H groups in total. The van der Waals surface area contributed by atoms with Crippen molar-refractivity contribution in [3.8, 4) is 0 Å². The number of hydrogen-bond acceptors (Lipinski definition) is 6. The van der Waals surface area contributed by atoms with Crippen LogP contribution in [0.5, 0.6) is 0 Å². The molecule has 0 aliphatic heterocycles. The summed E-state index contributed by atoms with van der Waals surface area (Å²) in [6.45, 7) is 1.42. The molecule has 2 heterocycles. The molecule has 118 valence electrons. The summed E-state index contributed by atoms with van der Waals surface area (Å²) in [7, 11) is 0. The Morgan fingerprint density at radius 2 is 2.09 bits per heavy atom. The lowest BCUT2D eigenvalue weighted by molar-refractivity contribution is 0.0732. The second kappa shape index (κ2) is 5.92. The summed E-state index contributed by atoms with van der Waals surface area (Å²) in [5, 5.41) is 21.0. The van der Waals surface area contributed by atoms with Gasteiger partial charge in [-0.2, -0.15) is 0 Å². The van der Waals surface area contributed by atoms with Crippen LogP contribution in [0.3, 0.4) is 0 Å². The van der Waals surface area contributed by atoms with Crippen molar-refractivity contribution in [3.63, 3.8) is 0 Å². The van der Waals surface area contributed by atoms with Crippen molar-refractivity contribution in [2.75, 3.05) is 11.9 Å². The van der Waals surface area contributed by atoms with Crippen LogP contribution in [-0.4, -0.2) is 42.7 Å². The zero-order valence-electron chi connectivity index (χ0n) is 12.6. The number of nitrogens with one attached hydrogen (secondary N) is 1. The summed E-state index contributed by atoms with van der Waals surface area (Å²) in [4.78, 5) is 8.56. The lowest BCUT2D eigenvalue weighted by Gasteiger charge is -2.30. The van der Waals surface area contributed by atoms with Gasteiger partial charge >= 0.3 is 0 Å². The zero-order valence-corrected chi connectivity index (χ0v) is 12.6. The first kappa shape index (κ1) is 14.1. The monoisotopic (exact) mass is 310 g/mol. The van der Waals surface area contributed by atoms with Crippen molar-refractivity contribution in [2.45, 2.75) is 31.4 Å². The summed E-state index contributed by atoms with van der Waals surface area (Å²) >= 11 is 0. The van der Waals surface area contributed by atoms with Gasteiger partial charge in [0.05, 0.1) is 18.2 Å². The Balaban J connectivity index is 1.38. The van der Waals surface area contributed by atoms with Crippen molar-refractivity contribution < 1.29 is 5.11 Å². The van der Waals surface area contributed by atoms with Crippen molar-refractivity contribution in [1.82, 2.24) is 25.0 Å². The largest absolute Gasteiger partial charge is 0.393 e. The predicted octanol–water partition coefficient (Wildman–Crippen LogP) is 1.57. The molecule has 0 radical (unpaired) electrons. The van der Waals surface area contributed by atoms with Gasteiger partial charge in [-0.05, 0) is 25.0 Å². The molecule has 0 bridgehead atoms. The van der Waals surface area contributed by atoms with Crippen LogP contribution in [0.4, 0.5) is 5.82 Å². The molecule has 7 heteroatoms. The van der Waals surface area contributed by atoms with E-state index in [0.29, 0.717) is 19.0 Å². The maximum absolute atomic E-state index is 9.41. The molecule has 1 saturated carbocycles. The Morgan fingerprint density at radius 3 is 2.96 bits per heavy atom. The van der Waals surface area contributed by atoms with Gasteiger partial charge in [0, 0.05) is 24.2 Å². The van der Waals surface area contributed by atoms with Crippen LogP contribution in [0.1, 0.15) is 24.5 Å². The number of aliphatic hydroxyl groups is 1. The maximum Gasteiger partial charge on any atom is 0.129 e. The lowest BCUT2D eigenvalue weighted by atomic mass is 9.80. The first-order valence-corrected chi connectivity index (χ1v) is 7.82. The minimum absolute atomic E-state index is 0.174. The number of benzene rings is 1. The highest BCUT2D eigenvalue weighted by molar-refractivity contribution is 5.73. The summed E-state index contributed by atoms with van der Waals surface area (Å²) in [6.07, 6.45) is 2.99. The Morgan fingerprint density at radius 1 is 1.22 bits per heavy atom. The standard InChI is InChI=1S/C16H18N6O/c23-12-7-11(8-12)14-9-16(19-10-18-14)17-5-6-22-15-4-2-1-3-13(15)20-21-22/h1-4,9-12,23H,5-8H2,(H,17,18,19). The molecule has 7 nitrogen and oxygen atoms in total. The number of aliphatic hydroxyl groups excluding tert-OH is 1. The molecule has 1 fully saturated rings. The fraction of sp³-hybridized carbons (Fsp3) is 0.375. The highest BCUT2D eigenvalue weighted by atomic mass is 16.3. The fourth-order valence-corrected chi connectivity index (χ4v) is 2.89. The quantitative estimate of drug-likeness (QED) is 0.743. The van der Waals surface area contributed by atoms with E-state index in [1.54, 1.807) is 6.33 Å². The molecule has 0 saturated heterocycles. The van der Waals surface area contributed by atoms with Crippen molar-refractivity contribution in [3.05, 3.63) is 42.4 Å². The molecule has 0 amide bonds. The normalized spacial score (nSPS) is 20.4. The molecule has 0 unspecified atom stereocenters. The second-order valence-corrected chi connectivity index (χ2v) is 5.88. The molecule has 23 heavy (non-hydrogen) atoms. The third kappa shape index (κ3) is 2.87. The fourth-order valence-electron chi connectivity index (χ4n) is 2.89. The number of rotatable bonds is 5. The molecule has 1 aromatic carbocycles. The van der Waals surface area contributed by atoms with E-state index in [9.17, 15) is 5.11 Å². The van der Waals surface area contributed by atoms with Crippen LogP contribution in [0.2, 0.25) is 0 Å². The highest BCUT2D eigenvalue weighted by Gasteiger charge is 2.29. The van der Waals surface area contributed by atoms with Gasteiger partial charge in [-0.3, -0.25) is 0 Å². The summed E-state index contributed by atoms with van der Waals surface area (Å²) in [6, 6.07) is 9.88. The van der Waals surface area contributed by atoms with Crippen LogP contribution in [-0.2, 0) is 6.54 Å². The van der Waals surface area contributed by atoms with Gasteiger partial charge < -0.3 is 10.4 Å². The van der Waals surface area contributed by atoms with E-state index in [0.717, 1.165) is 35.4 Å². The van der Waals surface area contributed by atoms with E-state index < -0.39 is 0 Å². The predicted molar refractivity (Wildman–Crippen MR) is 86.0 cm³/mol. The molecule has 2 aromatic heterocycles. The van der Waals surface area contributed by atoms with Crippen LogP contribution in [0, 0.1) is 0 Å². The number of para-hydroxylation sites is 1. The average molecular weight is 310 g/mol. The van der Waals surface area contributed by atoms with E-state index in [1.165, 1.54) is 0 Å². The van der Waals surface area contributed by atoms with E-state index in [1.807, 2.05) is 35.0 Å². The zero-order chi connectivity index (χ0) is 15.6. The molecule has 1 aliphatic rings. The van der Waals surface area contributed by atoms with Gasteiger partial charge in [0.2, 0.25) is 0 Å². The smallest absolute Gasteiger partial charge is 0.129 e. The third-order valence-electron chi connectivity index (χ3n) is 4.27. The maximum atomic E-state index is 9.41. The number of aromatic nitrogens is 5. The topological polar surface area (TPSA) is 88.8 Å². The first-order valence-electron chi connectivity index (χ1n) is 7.82. The molecule has 4 rings (SSSR count). The van der Waals surface area contributed by atoms with E-state index in [2.05, 4.69) is 25.6 Å². The number of fused-ring (bicyclic) bond motifs is 1. The Labute approximate surface area is 133 Å². The second-order valence-electron chi connectivity index (χ2n) is 5.88. The number of hydrogen-bond donors (Lipinski definition) is 2. The van der Waals surface area contributed by atoms with E-state index >= 15 is 0 Å². The molecular formula is C16H18N6O. The summed E-state index contributed by atoms with van der Waals surface area (Å²) in [5.41, 5.74) is 2.93. The number of nitrogens with zero attached hydrogens (tertiary/aromatic N) is 5. The van der Waals surface area contributed by atoms with Crippen LogP contribution < -0.4 is 5.32 Å². The Bertz CT molecular complexity index is 811. The average Bonchev–Trinajstić information content (AvgIpc) is 2.96. The highest BCUT2D eigenvalue weighted by Crippen LogP contribution is 2.35. The Kier molecular flexibility index (Phi) is 3.63. The molecule has 0 spiro atoms. The lowest BCUT2D eigenvalue weighted by Crippen LogP contribution is -2.27. The minimum atomic E-state index is -0.174. The van der Waals surface area contributed by atoms with Gasteiger partial charge in [-0.1, -0.05) is 17.3 Å². The van der Waals surface area contributed by atoms with E-state index in [-0.39, 0.29) is 6.10 Å². The molecule has 3 aromatic rings. The first-order chi connectivity index (χ1) is 11.3. The van der Waals surface area contributed by atoms with Crippen molar-refractivity contribution in [2.24, 2.45) is 0 Å². The third-order valence-corrected chi connectivity index (χ3v) is 4.27. The Hall–Kier alpha value is -2.54. The SMILES string of the molecule is OC1CC(c2cc(NCCn3nnc4ccccc43)ncn2)C1. The number of anilines is 1. The molecule has 1 aliphatic carbocycles.